The Labute approximate surface area is 98.1 Å². The zero-order valence-electron chi connectivity index (χ0n) is 10.0. The smallest absolute Gasteiger partial charge is 0.120 e. The van der Waals surface area contributed by atoms with Gasteiger partial charge < -0.3 is 4.74 Å². The third kappa shape index (κ3) is 2.29. The van der Waals surface area contributed by atoms with E-state index in [2.05, 4.69) is 19.6 Å². The standard InChI is InChI=1S/C15H20O/c1-3-13-8-7-9-14(12-13)16-15(4-2)10-5-6-11-15/h3,7-9,12H,1,4-6,10-11H2,2H3. The second-order valence-electron chi connectivity index (χ2n) is 4.62. The zero-order valence-corrected chi connectivity index (χ0v) is 10.0. The Kier molecular flexibility index (Phi) is 3.33. The molecule has 1 aromatic rings. The quantitative estimate of drug-likeness (QED) is 0.723. The van der Waals surface area contributed by atoms with E-state index in [0.29, 0.717) is 0 Å². The SMILES string of the molecule is C=Cc1cccc(OC2(CC)CCCC2)c1. The molecular weight excluding hydrogens is 196 g/mol. The van der Waals surface area contributed by atoms with Crippen LogP contribution in [0.2, 0.25) is 0 Å². The largest absolute Gasteiger partial charge is 0.487 e. The van der Waals surface area contributed by atoms with E-state index in [0.717, 1.165) is 17.7 Å². The third-order valence-electron chi connectivity index (χ3n) is 3.59. The Morgan fingerprint density at radius 2 is 2.12 bits per heavy atom. The van der Waals surface area contributed by atoms with Crippen molar-refractivity contribution in [1.82, 2.24) is 0 Å². The highest BCUT2D eigenvalue weighted by Gasteiger charge is 2.34. The van der Waals surface area contributed by atoms with Gasteiger partial charge in [-0.15, -0.1) is 0 Å². The van der Waals surface area contributed by atoms with Crippen molar-refractivity contribution in [1.29, 1.82) is 0 Å². The molecule has 0 atom stereocenters. The molecule has 0 aromatic heterocycles. The van der Waals surface area contributed by atoms with Crippen molar-refractivity contribution in [2.75, 3.05) is 0 Å². The summed E-state index contributed by atoms with van der Waals surface area (Å²) in [5.41, 5.74) is 1.22. The van der Waals surface area contributed by atoms with E-state index in [4.69, 9.17) is 4.74 Å². The molecule has 0 radical (unpaired) electrons. The summed E-state index contributed by atoms with van der Waals surface area (Å²) in [5, 5.41) is 0. The van der Waals surface area contributed by atoms with Crippen LogP contribution in [0.5, 0.6) is 5.75 Å². The van der Waals surface area contributed by atoms with Crippen molar-refractivity contribution in [2.24, 2.45) is 0 Å². The number of hydrogen-bond donors (Lipinski definition) is 0. The van der Waals surface area contributed by atoms with Crippen LogP contribution in [0.15, 0.2) is 30.8 Å². The van der Waals surface area contributed by atoms with Gasteiger partial charge in [0, 0.05) is 0 Å². The van der Waals surface area contributed by atoms with Gasteiger partial charge in [0.25, 0.3) is 0 Å². The highest BCUT2D eigenvalue weighted by molar-refractivity contribution is 5.49. The van der Waals surface area contributed by atoms with Crippen molar-refractivity contribution in [3.05, 3.63) is 36.4 Å². The van der Waals surface area contributed by atoms with Gasteiger partial charge in [-0.2, -0.15) is 0 Å². The van der Waals surface area contributed by atoms with Crippen molar-refractivity contribution in [2.45, 2.75) is 44.6 Å². The molecule has 0 amide bonds. The number of rotatable bonds is 4. The molecule has 86 valence electrons. The van der Waals surface area contributed by atoms with Crippen LogP contribution in [-0.4, -0.2) is 5.60 Å². The molecule has 0 unspecified atom stereocenters. The van der Waals surface area contributed by atoms with Gasteiger partial charge in [0.1, 0.15) is 11.4 Å². The monoisotopic (exact) mass is 216 g/mol. The first-order chi connectivity index (χ1) is 7.78. The molecule has 1 heteroatoms. The highest BCUT2D eigenvalue weighted by Crippen LogP contribution is 2.37. The van der Waals surface area contributed by atoms with E-state index in [1.165, 1.54) is 25.7 Å². The molecule has 16 heavy (non-hydrogen) atoms. The molecule has 1 saturated carbocycles. The second kappa shape index (κ2) is 4.73. The fourth-order valence-corrected chi connectivity index (χ4v) is 2.50. The second-order valence-corrected chi connectivity index (χ2v) is 4.62. The average Bonchev–Trinajstić information content (AvgIpc) is 2.78. The number of ether oxygens (including phenoxy) is 1. The van der Waals surface area contributed by atoms with Gasteiger partial charge in [0.2, 0.25) is 0 Å². The summed E-state index contributed by atoms with van der Waals surface area (Å²) in [4.78, 5) is 0. The average molecular weight is 216 g/mol. The summed E-state index contributed by atoms with van der Waals surface area (Å²) in [6.45, 7) is 6.01. The molecular formula is C15H20O. The predicted octanol–water partition coefficient (Wildman–Crippen LogP) is 4.43. The van der Waals surface area contributed by atoms with E-state index in [1.807, 2.05) is 24.3 Å². The number of hydrogen-bond acceptors (Lipinski definition) is 1. The summed E-state index contributed by atoms with van der Waals surface area (Å²) < 4.78 is 6.21. The van der Waals surface area contributed by atoms with E-state index in [9.17, 15) is 0 Å². The molecule has 0 bridgehead atoms. The first-order valence-corrected chi connectivity index (χ1v) is 6.19. The van der Waals surface area contributed by atoms with Crippen LogP contribution in [0.3, 0.4) is 0 Å². The van der Waals surface area contributed by atoms with Gasteiger partial charge in [-0.3, -0.25) is 0 Å². The summed E-state index contributed by atoms with van der Waals surface area (Å²) in [6.07, 6.45) is 7.96. The minimum atomic E-state index is 0.0970. The Morgan fingerprint density at radius 3 is 2.75 bits per heavy atom. The Bertz CT molecular complexity index is 361. The normalized spacial score (nSPS) is 18.3. The maximum atomic E-state index is 6.21. The predicted molar refractivity (Wildman–Crippen MR) is 68.7 cm³/mol. The van der Waals surface area contributed by atoms with Gasteiger partial charge in [0.05, 0.1) is 0 Å². The van der Waals surface area contributed by atoms with Crippen LogP contribution >= 0.6 is 0 Å². The zero-order chi connectivity index (χ0) is 11.4. The summed E-state index contributed by atoms with van der Waals surface area (Å²) in [7, 11) is 0. The molecule has 0 saturated heterocycles. The fraction of sp³-hybridized carbons (Fsp3) is 0.467. The lowest BCUT2D eigenvalue weighted by Gasteiger charge is -2.29. The Hall–Kier alpha value is -1.24. The lowest BCUT2D eigenvalue weighted by Crippen LogP contribution is -2.31. The van der Waals surface area contributed by atoms with E-state index < -0.39 is 0 Å². The van der Waals surface area contributed by atoms with Crippen LogP contribution in [0.4, 0.5) is 0 Å². The Morgan fingerprint density at radius 1 is 1.38 bits per heavy atom. The molecule has 0 aliphatic heterocycles. The van der Waals surface area contributed by atoms with Gasteiger partial charge in [-0.25, -0.2) is 0 Å². The first kappa shape index (κ1) is 11.3. The minimum absolute atomic E-state index is 0.0970. The third-order valence-corrected chi connectivity index (χ3v) is 3.59. The van der Waals surface area contributed by atoms with E-state index in [1.54, 1.807) is 0 Å². The molecule has 2 rings (SSSR count). The van der Waals surface area contributed by atoms with Crippen molar-refractivity contribution in [3.8, 4) is 5.75 Å². The van der Waals surface area contributed by atoms with Crippen molar-refractivity contribution < 1.29 is 4.74 Å². The molecule has 0 N–H and O–H groups in total. The van der Waals surface area contributed by atoms with Crippen LogP contribution in [0.25, 0.3) is 6.08 Å². The molecule has 1 nitrogen and oxygen atoms in total. The van der Waals surface area contributed by atoms with Crippen LogP contribution in [0.1, 0.15) is 44.6 Å². The lowest BCUT2D eigenvalue weighted by molar-refractivity contribution is 0.0720. The molecule has 1 aliphatic rings. The molecule has 1 aromatic carbocycles. The molecule has 0 spiro atoms. The van der Waals surface area contributed by atoms with Gasteiger partial charge in [-0.1, -0.05) is 31.7 Å². The van der Waals surface area contributed by atoms with Crippen molar-refractivity contribution in [3.63, 3.8) is 0 Å². The molecule has 1 aliphatic carbocycles. The minimum Gasteiger partial charge on any atom is -0.487 e. The van der Waals surface area contributed by atoms with Crippen LogP contribution in [-0.2, 0) is 0 Å². The van der Waals surface area contributed by atoms with E-state index in [-0.39, 0.29) is 5.60 Å². The highest BCUT2D eigenvalue weighted by atomic mass is 16.5. The van der Waals surface area contributed by atoms with Gasteiger partial charge in [0.15, 0.2) is 0 Å². The fourth-order valence-electron chi connectivity index (χ4n) is 2.50. The van der Waals surface area contributed by atoms with Gasteiger partial charge in [-0.05, 0) is 49.8 Å². The molecule has 0 heterocycles. The summed E-state index contributed by atoms with van der Waals surface area (Å²) >= 11 is 0. The topological polar surface area (TPSA) is 9.23 Å². The number of benzene rings is 1. The van der Waals surface area contributed by atoms with Crippen LogP contribution < -0.4 is 4.74 Å². The maximum Gasteiger partial charge on any atom is 0.120 e. The molecule has 1 fully saturated rings. The van der Waals surface area contributed by atoms with Gasteiger partial charge >= 0.3 is 0 Å². The van der Waals surface area contributed by atoms with E-state index >= 15 is 0 Å². The first-order valence-electron chi connectivity index (χ1n) is 6.19. The Balaban J connectivity index is 2.15. The lowest BCUT2D eigenvalue weighted by atomic mass is 9.98. The summed E-state index contributed by atoms with van der Waals surface area (Å²) in [5.74, 6) is 0.987. The summed E-state index contributed by atoms with van der Waals surface area (Å²) in [6, 6.07) is 8.20. The van der Waals surface area contributed by atoms with Crippen LogP contribution in [0, 0.1) is 0 Å². The van der Waals surface area contributed by atoms with Crippen molar-refractivity contribution >= 4 is 6.08 Å². The maximum absolute atomic E-state index is 6.21.